The number of hydrogen-bond acceptors (Lipinski definition) is 8. The van der Waals surface area contributed by atoms with E-state index < -0.39 is 0 Å². The maximum absolute atomic E-state index is 12.6. The van der Waals surface area contributed by atoms with Crippen LogP contribution < -0.4 is 19.5 Å². The van der Waals surface area contributed by atoms with Crippen LogP contribution >= 0.6 is 11.8 Å². The van der Waals surface area contributed by atoms with Crippen molar-refractivity contribution in [2.75, 3.05) is 26.0 Å². The Kier molecular flexibility index (Phi) is 6.80. The average Bonchev–Trinajstić information content (AvgIpc) is 3.35. The largest absolute Gasteiger partial charge is 0.497 e. The van der Waals surface area contributed by atoms with E-state index in [1.165, 1.54) is 11.8 Å². The molecule has 9 nitrogen and oxygen atoms in total. The molecule has 5 rings (SSSR count). The first-order valence-electron chi connectivity index (χ1n) is 11.0. The van der Waals surface area contributed by atoms with Gasteiger partial charge in [0.15, 0.2) is 22.5 Å². The third kappa shape index (κ3) is 5.22. The number of carbonyl (C=O) groups is 1. The van der Waals surface area contributed by atoms with Crippen molar-refractivity contribution in [3.63, 3.8) is 0 Å². The molecule has 1 N–H and O–H groups in total. The minimum Gasteiger partial charge on any atom is -0.497 e. The molecule has 1 amide bonds. The summed E-state index contributed by atoms with van der Waals surface area (Å²) in [5.41, 5.74) is 1.73. The maximum atomic E-state index is 12.6. The predicted octanol–water partition coefficient (Wildman–Crippen LogP) is 3.39. The van der Waals surface area contributed by atoms with E-state index in [0.717, 1.165) is 17.0 Å². The molecule has 0 unspecified atom stereocenters. The van der Waals surface area contributed by atoms with E-state index in [1.54, 1.807) is 19.5 Å². The van der Waals surface area contributed by atoms with Gasteiger partial charge in [0.25, 0.3) is 0 Å². The summed E-state index contributed by atoms with van der Waals surface area (Å²) in [4.78, 5) is 16.7. The predicted molar refractivity (Wildman–Crippen MR) is 131 cm³/mol. The highest BCUT2D eigenvalue weighted by molar-refractivity contribution is 7.99. The van der Waals surface area contributed by atoms with Crippen LogP contribution in [0, 0.1) is 0 Å². The van der Waals surface area contributed by atoms with Gasteiger partial charge in [-0.1, -0.05) is 23.9 Å². The van der Waals surface area contributed by atoms with Crippen LogP contribution in [0.1, 0.15) is 0 Å². The highest BCUT2D eigenvalue weighted by Crippen LogP contribution is 2.31. The Hall–Kier alpha value is -4.05. The molecule has 1 atom stereocenters. The third-order valence-electron chi connectivity index (χ3n) is 5.33. The van der Waals surface area contributed by atoms with E-state index in [2.05, 4.69) is 20.5 Å². The minimum atomic E-state index is -0.250. The number of rotatable bonds is 8. The number of benzene rings is 2. The second-order valence-corrected chi connectivity index (χ2v) is 8.61. The molecule has 0 radical (unpaired) electrons. The molecule has 1 aliphatic heterocycles. The van der Waals surface area contributed by atoms with Gasteiger partial charge in [-0.3, -0.25) is 14.3 Å². The van der Waals surface area contributed by atoms with Gasteiger partial charge in [-0.15, -0.1) is 10.2 Å². The van der Waals surface area contributed by atoms with Crippen LogP contribution in [0.4, 0.5) is 0 Å². The number of nitrogens with zero attached hydrogens (tertiary/aromatic N) is 4. The normalized spacial score (nSPS) is 14.4. The van der Waals surface area contributed by atoms with Crippen molar-refractivity contribution < 1.29 is 19.0 Å². The van der Waals surface area contributed by atoms with Crippen molar-refractivity contribution in [3.8, 4) is 34.3 Å². The van der Waals surface area contributed by atoms with E-state index in [-0.39, 0.29) is 17.8 Å². The fourth-order valence-corrected chi connectivity index (χ4v) is 4.37. The van der Waals surface area contributed by atoms with E-state index in [9.17, 15) is 4.79 Å². The topological polar surface area (TPSA) is 100 Å². The Labute approximate surface area is 206 Å². The Balaban J connectivity index is 1.26. The van der Waals surface area contributed by atoms with Gasteiger partial charge in [0, 0.05) is 23.6 Å². The Morgan fingerprint density at radius 1 is 1.09 bits per heavy atom. The van der Waals surface area contributed by atoms with Gasteiger partial charge in [0.2, 0.25) is 5.91 Å². The van der Waals surface area contributed by atoms with Crippen molar-refractivity contribution in [2.24, 2.45) is 0 Å². The second-order valence-electron chi connectivity index (χ2n) is 7.67. The zero-order valence-electron chi connectivity index (χ0n) is 19.0. The molecule has 0 saturated heterocycles. The number of methoxy groups -OCH3 is 1. The van der Waals surface area contributed by atoms with Gasteiger partial charge < -0.3 is 19.5 Å². The Morgan fingerprint density at radius 2 is 1.86 bits per heavy atom. The van der Waals surface area contributed by atoms with Crippen molar-refractivity contribution in [1.29, 1.82) is 0 Å². The van der Waals surface area contributed by atoms with Crippen LogP contribution in [0.2, 0.25) is 0 Å². The lowest BCUT2D eigenvalue weighted by Gasteiger charge is -2.26. The van der Waals surface area contributed by atoms with Gasteiger partial charge in [-0.25, -0.2) is 0 Å². The number of amides is 1. The zero-order chi connectivity index (χ0) is 24.0. The lowest BCUT2D eigenvalue weighted by atomic mass is 10.2. The number of para-hydroxylation sites is 2. The molecule has 35 heavy (non-hydrogen) atoms. The van der Waals surface area contributed by atoms with Crippen LogP contribution in [0.15, 0.2) is 78.2 Å². The van der Waals surface area contributed by atoms with Crippen LogP contribution in [0.5, 0.6) is 17.2 Å². The highest BCUT2D eigenvalue weighted by Gasteiger charge is 2.22. The molecule has 10 heteroatoms. The monoisotopic (exact) mass is 489 g/mol. The first-order chi connectivity index (χ1) is 17.2. The summed E-state index contributed by atoms with van der Waals surface area (Å²) in [5, 5.41) is 12.3. The number of thioether (sulfide) groups is 1. The zero-order valence-corrected chi connectivity index (χ0v) is 19.8. The number of fused-ring (bicyclic) bond motifs is 1. The molecule has 1 aliphatic rings. The van der Waals surface area contributed by atoms with Crippen LogP contribution in [-0.2, 0) is 4.79 Å². The summed E-state index contributed by atoms with van der Waals surface area (Å²) in [7, 11) is 1.62. The first kappa shape index (κ1) is 22.7. The smallest absolute Gasteiger partial charge is 0.230 e. The van der Waals surface area contributed by atoms with Gasteiger partial charge in [0.05, 0.1) is 19.4 Å². The Morgan fingerprint density at radius 3 is 2.63 bits per heavy atom. The van der Waals surface area contributed by atoms with Gasteiger partial charge >= 0.3 is 0 Å². The molecule has 2 aromatic carbocycles. The van der Waals surface area contributed by atoms with E-state index >= 15 is 0 Å². The molecule has 0 saturated carbocycles. The number of hydrogen-bond donors (Lipinski definition) is 1. The van der Waals surface area contributed by atoms with E-state index in [4.69, 9.17) is 14.2 Å². The molecule has 0 aliphatic carbocycles. The SMILES string of the molecule is COc1ccc(-n2c(SCC(=O)NC[C@H]3COc4ccccc4O3)nnc2-c2ccncc2)cc1. The molecule has 178 valence electrons. The number of carbonyl (C=O) groups excluding carboxylic acids is 1. The molecule has 0 fully saturated rings. The summed E-state index contributed by atoms with van der Waals surface area (Å²) >= 11 is 1.31. The van der Waals surface area contributed by atoms with Crippen LogP contribution in [0.3, 0.4) is 0 Å². The maximum Gasteiger partial charge on any atom is 0.230 e. The number of pyridine rings is 1. The molecular weight excluding hydrogens is 466 g/mol. The van der Waals surface area contributed by atoms with Crippen LogP contribution in [0.25, 0.3) is 17.1 Å². The van der Waals surface area contributed by atoms with E-state index in [0.29, 0.717) is 35.6 Å². The van der Waals surface area contributed by atoms with Gasteiger partial charge in [0.1, 0.15) is 18.5 Å². The van der Waals surface area contributed by atoms with E-state index in [1.807, 2.05) is 65.2 Å². The minimum absolute atomic E-state index is 0.132. The number of aromatic nitrogens is 4. The molecule has 3 heterocycles. The Bertz CT molecular complexity index is 1300. The summed E-state index contributed by atoms with van der Waals surface area (Å²) in [6, 6.07) is 18.8. The standard InChI is InChI=1S/C25H23N5O4S/c1-32-19-8-6-18(7-9-19)30-24(17-10-12-26-13-11-17)28-29-25(30)35-16-23(31)27-14-20-15-33-21-4-2-3-5-22(21)34-20/h2-13,20H,14-16H2,1H3,(H,27,31)/t20-/m0/s1. The molecule has 0 spiro atoms. The summed E-state index contributed by atoms with van der Waals surface area (Å²) < 4.78 is 18.8. The lowest BCUT2D eigenvalue weighted by molar-refractivity contribution is -0.119. The molecule has 0 bridgehead atoms. The third-order valence-corrected chi connectivity index (χ3v) is 6.26. The first-order valence-corrected chi connectivity index (χ1v) is 12.0. The second kappa shape index (κ2) is 10.5. The molecule has 4 aromatic rings. The number of nitrogens with one attached hydrogen (secondary N) is 1. The van der Waals surface area contributed by atoms with Gasteiger partial charge in [-0.05, 0) is 48.5 Å². The van der Waals surface area contributed by atoms with Crippen molar-refractivity contribution in [2.45, 2.75) is 11.3 Å². The van der Waals surface area contributed by atoms with Crippen molar-refractivity contribution >= 4 is 17.7 Å². The summed E-state index contributed by atoms with van der Waals surface area (Å²) in [6.07, 6.45) is 3.16. The van der Waals surface area contributed by atoms with Crippen LogP contribution in [-0.4, -0.2) is 57.8 Å². The quantitative estimate of drug-likeness (QED) is 0.376. The molecule has 2 aromatic heterocycles. The average molecular weight is 490 g/mol. The van der Waals surface area contributed by atoms with Crippen molar-refractivity contribution in [3.05, 3.63) is 73.1 Å². The molecular formula is C25H23N5O4S. The fraction of sp³-hybridized carbons (Fsp3) is 0.200. The number of ether oxygens (including phenoxy) is 3. The van der Waals surface area contributed by atoms with Crippen molar-refractivity contribution in [1.82, 2.24) is 25.1 Å². The highest BCUT2D eigenvalue weighted by atomic mass is 32.2. The summed E-state index contributed by atoms with van der Waals surface area (Å²) in [5.74, 6) is 2.85. The lowest BCUT2D eigenvalue weighted by Crippen LogP contribution is -2.41. The summed E-state index contributed by atoms with van der Waals surface area (Å²) in [6.45, 7) is 0.729. The van der Waals surface area contributed by atoms with Gasteiger partial charge in [-0.2, -0.15) is 0 Å². The fourth-order valence-electron chi connectivity index (χ4n) is 3.59.